The Hall–Kier alpha value is -1.10. The molecule has 0 bridgehead atoms. The smallest absolute Gasteiger partial charge is 0.233 e. The third-order valence-electron chi connectivity index (χ3n) is 2.29. The number of likely N-dealkylation sites (N-methyl/N-ethyl adjacent to an activating group) is 1. The van der Waals surface area contributed by atoms with E-state index in [0.29, 0.717) is 19.5 Å². The molecule has 0 saturated heterocycles. The van der Waals surface area contributed by atoms with E-state index in [1.54, 1.807) is 4.90 Å². The molecule has 5 nitrogen and oxygen atoms in total. The van der Waals surface area contributed by atoms with Crippen molar-refractivity contribution in [3.8, 4) is 0 Å². The summed E-state index contributed by atoms with van der Waals surface area (Å²) in [5.41, 5.74) is 0. The summed E-state index contributed by atoms with van der Waals surface area (Å²) in [5, 5.41) is 5.63. The standard InChI is InChI=1S/C11H23N3O2/c1-4-13-10(15)9-12-8-7-11(16)14(5-2)6-3/h12H,4-9H2,1-3H3,(H,13,15). The molecule has 0 radical (unpaired) electrons. The molecule has 0 aliphatic rings. The monoisotopic (exact) mass is 229 g/mol. The molecule has 0 rings (SSSR count). The molecule has 0 aromatic rings. The highest BCUT2D eigenvalue weighted by molar-refractivity contribution is 5.78. The Labute approximate surface area is 97.6 Å². The fourth-order valence-corrected chi connectivity index (χ4v) is 1.39. The van der Waals surface area contributed by atoms with Crippen LogP contribution < -0.4 is 10.6 Å². The lowest BCUT2D eigenvalue weighted by Crippen LogP contribution is -2.36. The molecule has 94 valence electrons. The second-order valence-corrected chi connectivity index (χ2v) is 3.45. The SMILES string of the molecule is CCNC(=O)CNCCC(=O)N(CC)CC. The number of rotatable bonds is 8. The molecule has 0 atom stereocenters. The second kappa shape index (κ2) is 9.15. The van der Waals surface area contributed by atoms with Gasteiger partial charge in [-0.15, -0.1) is 0 Å². The Bertz CT molecular complexity index is 215. The Balaban J connectivity index is 3.58. The molecule has 2 amide bonds. The minimum atomic E-state index is -0.0298. The molecule has 0 aromatic heterocycles. The van der Waals surface area contributed by atoms with Gasteiger partial charge in [0.15, 0.2) is 0 Å². The normalized spacial score (nSPS) is 9.94. The third kappa shape index (κ3) is 6.40. The quantitative estimate of drug-likeness (QED) is 0.575. The molecule has 0 saturated carbocycles. The van der Waals surface area contributed by atoms with Crippen LogP contribution in [0.5, 0.6) is 0 Å². The first-order valence-electron chi connectivity index (χ1n) is 5.90. The van der Waals surface area contributed by atoms with Gasteiger partial charge in [-0.1, -0.05) is 0 Å². The predicted molar refractivity (Wildman–Crippen MR) is 64.1 cm³/mol. The van der Waals surface area contributed by atoms with Gasteiger partial charge in [0.25, 0.3) is 0 Å². The Kier molecular flexibility index (Phi) is 8.52. The maximum Gasteiger partial charge on any atom is 0.233 e. The molecule has 0 aliphatic carbocycles. The summed E-state index contributed by atoms with van der Waals surface area (Å²) >= 11 is 0. The molecule has 0 aromatic carbocycles. The van der Waals surface area contributed by atoms with Gasteiger partial charge in [0.2, 0.25) is 11.8 Å². The van der Waals surface area contributed by atoms with Gasteiger partial charge >= 0.3 is 0 Å². The summed E-state index contributed by atoms with van der Waals surface area (Å²) in [6.45, 7) is 8.75. The van der Waals surface area contributed by atoms with Crippen LogP contribution in [-0.4, -0.2) is 49.4 Å². The van der Waals surface area contributed by atoms with Crippen molar-refractivity contribution in [1.29, 1.82) is 0 Å². The van der Waals surface area contributed by atoms with Crippen molar-refractivity contribution in [1.82, 2.24) is 15.5 Å². The van der Waals surface area contributed by atoms with Gasteiger partial charge in [0, 0.05) is 32.6 Å². The number of hydrogen-bond acceptors (Lipinski definition) is 3. The molecule has 2 N–H and O–H groups in total. The average molecular weight is 229 g/mol. The first kappa shape index (κ1) is 14.9. The molecule has 0 spiro atoms. The van der Waals surface area contributed by atoms with Crippen LogP contribution in [0.25, 0.3) is 0 Å². The van der Waals surface area contributed by atoms with Crippen molar-refractivity contribution in [3.63, 3.8) is 0 Å². The molecular weight excluding hydrogens is 206 g/mol. The fourth-order valence-electron chi connectivity index (χ4n) is 1.39. The van der Waals surface area contributed by atoms with Crippen LogP contribution in [0, 0.1) is 0 Å². The van der Waals surface area contributed by atoms with Crippen LogP contribution in [0.2, 0.25) is 0 Å². The molecule has 0 unspecified atom stereocenters. The minimum absolute atomic E-state index is 0.0298. The van der Waals surface area contributed by atoms with Gasteiger partial charge in [-0.3, -0.25) is 9.59 Å². The van der Waals surface area contributed by atoms with Gasteiger partial charge in [-0.2, -0.15) is 0 Å². The van der Waals surface area contributed by atoms with Crippen molar-refractivity contribution in [2.45, 2.75) is 27.2 Å². The van der Waals surface area contributed by atoms with Crippen LogP contribution in [0.1, 0.15) is 27.2 Å². The van der Waals surface area contributed by atoms with Crippen molar-refractivity contribution in [3.05, 3.63) is 0 Å². The van der Waals surface area contributed by atoms with Gasteiger partial charge < -0.3 is 15.5 Å². The maximum atomic E-state index is 11.6. The summed E-state index contributed by atoms with van der Waals surface area (Å²) in [6, 6.07) is 0. The summed E-state index contributed by atoms with van der Waals surface area (Å²) in [5.74, 6) is 0.103. The van der Waals surface area contributed by atoms with Crippen LogP contribution in [0.3, 0.4) is 0 Å². The lowest BCUT2D eigenvalue weighted by Gasteiger charge is -2.18. The minimum Gasteiger partial charge on any atom is -0.355 e. The summed E-state index contributed by atoms with van der Waals surface area (Å²) in [7, 11) is 0. The number of carbonyl (C=O) groups is 2. The zero-order valence-corrected chi connectivity index (χ0v) is 10.5. The highest BCUT2D eigenvalue weighted by Crippen LogP contribution is 1.92. The number of carbonyl (C=O) groups excluding carboxylic acids is 2. The van der Waals surface area contributed by atoms with Crippen LogP contribution in [0.15, 0.2) is 0 Å². The number of nitrogens with zero attached hydrogens (tertiary/aromatic N) is 1. The summed E-state index contributed by atoms with van der Waals surface area (Å²) < 4.78 is 0. The van der Waals surface area contributed by atoms with Gasteiger partial charge in [-0.25, -0.2) is 0 Å². The van der Waals surface area contributed by atoms with E-state index in [2.05, 4.69) is 10.6 Å². The number of hydrogen-bond donors (Lipinski definition) is 2. The van der Waals surface area contributed by atoms with Gasteiger partial charge in [0.1, 0.15) is 0 Å². The number of nitrogens with one attached hydrogen (secondary N) is 2. The Morgan fingerprint density at radius 3 is 2.25 bits per heavy atom. The van der Waals surface area contributed by atoms with Gasteiger partial charge in [-0.05, 0) is 20.8 Å². The van der Waals surface area contributed by atoms with E-state index in [1.807, 2.05) is 20.8 Å². The molecule has 0 heterocycles. The fraction of sp³-hybridized carbons (Fsp3) is 0.818. The van der Waals surface area contributed by atoms with Crippen molar-refractivity contribution >= 4 is 11.8 Å². The third-order valence-corrected chi connectivity index (χ3v) is 2.29. The largest absolute Gasteiger partial charge is 0.355 e. The molecule has 0 aliphatic heterocycles. The van der Waals surface area contributed by atoms with Crippen molar-refractivity contribution in [2.24, 2.45) is 0 Å². The van der Waals surface area contributed by atoms with E-state index in [1.165, 1.54) is 0 Å². The first-order valence-corrected chi connectivity index (χ1v) is 5.90. The van der Waals surface area contributed by atoms with Crippen LogP contribution in [-0.2, 0) is 9.59 Å². The van der Waals surface area contributed by atoms with E-state index in [4.69, 9.17) is 0 Å². The Morgan fingerprint density at radius 1 is 1.12 bits per heavy atom. The van der Waals surface area contributed by atoms with E-state index >= 15 is 0 Å². The van der Waals surface area contributed by atoms with E-state index in [-0.39, 0.29) is 18.4 Å². The molecule has 16 heavy (non-hydrogen) atoms. The molecule has 0 fully saturated rings. The lowest BCUT2D eigenvalue weighted by molar-refractivity contribution is -0.131. The van der Waals surface area contributed by atoms with E-state index in [0.717, 1.165) is 13.1 Å². The summed E-state index contributed by atoms with van der Waals surface area (Å²) in [6.07, 6.45) is 0.446. The summed E-state index contributed by atoms with van der Waals surface area (Å²) in [4.78, 5) is 24.4. The zero-order valence-electron chi connectivity index (χ0n) is 10.5. The molecular formula is C11H23N3O2. The maximum absolute atomic E-state index is 11.6. The lowest BCUT2D eigenvalue weighted by atomic mass is 10.3. The first-order chi connectivity index (χ1) is 7.65. The van der Waals surface area contributed by atoms with E-state index < -0.39 is 0 Å². The second-order valence-electron chi connectivity index (χ2n) is 3.45. The highest BCUT2D eigenvalue weighted by atomic mass is 16.2. The number of amides is 2. The van der Waals surface area contributed by atoms with Crippen LogP contribution in [0.4, 0.5) is 0 Å². The van der Waals surface area contributed by atoms with Gasteiger partial charge in [0.05, 0.1) is 6.54 Å². The van der Waals surface area contributed by atoms with E-state index in [9.17, 15) is 9.59 Å². The molecule has 5 heteroatoms. The van der Waals surface area contributed by atoms with Crippen molar-refractivity contribution in [2.75, 3.05) is 32.7 Å². The Morgan fingerprint density at radius 2 is 1.75 bits per heavy atom. The average Bonchev–Trinajstić information content (AvgIpc) is 2.26. The van der Waals surface area contributed by atoms with Crippen molar-refractivity contribution < 1.29 is 9.59 Å². The van der Waals surface area contributed by atoms with Crippen LogP contribution >= 0.6 is 0 Å². The predicted octanol–water partition coefficient (Wildman–Crippen LogP) is -0.0294. The highest BCUT2D eigenvalue weighted by Gasteiger charge is 2.08. The topological polar surface area (TPSA) is 61.4 Å². The zero-order chi connectivity index (χ0) is 12.4.